The molecule has 9 nitrogen and oxygen atoms in total. The summed E-state index contributed by atoms with van der Waals surface area (Å²) in [5, 5.41) is 6.13. The van der Waals surface area contributed by atoms with Gasteiger partial charge in [-0.15, -0.1) is 17.9 Å². The van der Waals surface area contributed by atoms with E-state index in [-0.39, 0.29) is 11.5 Å². The molecular weight excluding hydrogens is 434 g/mol. The summed E-state index contributed by atoms with van der Waals surface area (Å²) in [4.78, 5) is 30.9. The Labute approximate surface area is 186 Å². The lowest BCUT2D eigenvalue weighted by Crippen LogP contribution is -2.22. The molecule has 3 aromatic heterocycles. The van der Waals surface area contributed by atoms with E-state index in [2.05, 4.69) is 31.8 Å². The Balaban J connectivity index is 1.60. The van der Waals surface area contributed by atoms with Crippen molar-refractivity contribution in [1.82, 2.24) is 24.5 Å². The van der Waals surface area contributed by atoms with E-state index in [0.29, 0.717) is 50.9 Å². The molecule has 0 aliphatic carbocycles. The van der Waals surface area contributed by atoms with E-state index in [1.165, 1.54) is 23.1 Å². The van der Waals surface area contributed by atoms with Gasteiger partial charge in [0.15, 0.2) is 5.16 Å². The minimum Gasteiger partial charge on any atom is -0.495 e. The zero-order chi connectivity index (χ0) is 21.8. The number of para-hydroxylation sites is 2. The summed E-state index contributed by atoms with van der Waals surface area (Å²) in [6.45, 7) is 4.10. The number of aromatic nitrogens is 5. The smallest absolute Gasteiger partial charge is 0.263 e. The van der Waals surface area contributed by atoms with Gasteiger partial charge >= 0.3 is 0 Å². The molecule has 1 aromatic carbocycles. The van der Waals surface area contributed by atoms with Crippen molar-refractivity contribution in [2.75, 3.05) is 18.2 Å². The molecule has 0 aliphatic heterocycles. The predicted octanol–water partition coefficient (Wildman–Crippen LogP) is 3.46. The normalized spacial score (nSPS) is 10.9. The lowest BCUT2D eigenvalue weighted by molar-refractivity contribution is 0.417. The van der Waals surface area contributed by atoms with Crippen LogP contribution in [0.25, 0.3) is 10.2 Å². The molecule has 0 saturated carbocycles. The Bertz CT molecular complexity index is 1300. The highest BCUT2D eigenvalue weighted by atomic mass is 32.2. The van der Waals surface area contributed by atoms with Gasteiger partial charge in [-0.3, -0.25) is 9.36 Å². The third-order valence-electron chi connectivity index (χ3n) is 4.24. The summed E-state index contributed by atoms with van der Waals surface area (Å²) in [6, 6.07) is 9.20. The van der Waals surface area contributed by atoms with Crippen LogP contribution in [-0.4, -0.2) is 31.6 Å². The van der Waals surface area contributed by atoms with Gasteiger partial charge in [0, 0.05) is 6.54 Å². The second kappa shape index (κ2) is 9.14. The molecule has 0 amide bonds. The average Bonchev–Trinajstić information content (AvgIpc) is 3.23. The Morgan fingerprint density at radius 1 is 1.26 bits per heavy atom. The van der Waals surface area contributed by atoms with Gasteiger partial charge in [-0.2, -0.15) is 15.0 Å². The first-order chi connectivity index (χ1) is 15.1. The maximum absolute atomic E-state index is 12.8. The van der Waals surface area contributed by atoms with Crippen LogP contribution >= 0.6 is 23.1 Å². The van der Waals surface area contributed by atoms with E-state index in [1.54, 1.807) is 23.8 Å². The molecule has 4 aromatic rings. The topological polar surface area (TPSA) is 121 Å². The van der Waals surface area contributed by atoms with Crippen molar-refractivity contribution in [2.45, 2.75) is 17.5 Å². The lowest BCUT2D eigenvalue weighted by atomic mass is 10.3. The van der Waals surface area contributed by atoms with Crippen LogP contribution in [0.15, 0.2) is 58.3 Å². The fourth-order valence-electron chi connectivity index (χ4n) is 2.89. The number of thiophene rings is 1. The average molecular weight is 454 g/mol. The summed E-state index contributed by atoms with van der Waals surface area (Å²) in [7, 11) is 1.59. The van der Waals surface area contributed by atoms with Crippen molar-refractivity contribution in [2.24, 2.45) is 0 Å². The number of benzene rings is 1. The molecule has 11 heteroatoms. The molecule has 158 valence electrons. The van der Waals surface area contributed by atoms with E-state index < -0.39 is 0 Å². The molecule has 4 rings (SSSR count). The number of rotatable bonds is 8. The number of nitrogens with one attached hydrogen (secondary N) is 1. The molecule has 0 unspecified atom stereocenters. The Morgan fingerprint density at radius 2 is 2.10 bits per heavy atom. The summed E-state index contributed by atoms with van der Waals surface area (Å²) < 4.78 is 6.93. The van der Waals surface area contributed by atoms with Crippen LogP contribution in [0, 0.1) is 0 Å². The molecule has 0 atom stereocenters. The lowest BCUT2D eigenvalue weighted by Gasteiger charge is -2.11. The molecule has 31 heavy (non-hydrogen) atoms. The summed E-state index contributed by atoms with van der Waals surface area (Å²) >= 11 is 2.78. The quantitative estimate of drug-likeness (QED) is 0.235. The van der Waals surface area contributed by atoms with Gasteiger partial charge < -0.3 is 15.8 Å². The number of methoxy groups -OCH3 is 1. The van der Waals surface area contributed by atoms with Gasteiger partial charge in [-0.25, -0.2) is 4.98 Å². The highest BCUT2D eigenvalue weighted by Crippen LogP contribution is 2.27. The number of nitrogens with two attached hydrogens (primary N) is 1. The zero-order valence-electron chi connectivity index (χ0n) is 16.6. The van der Waals surface area contributed by atoms with Gasteiger partial charge in [0.1, 0.15) is 16.4 Å². The van der Waals surface area contributed by atoms with Gasteiger partial charge in [0.05, 0.1) is 23.9 Å². The van der Waals surface area contributed by atoms with E-state index >= 15 is 0 Å². The fourth-order valence-corrected chi connectivity index (χ4v) is 4.56. The molecule has 3 N–H and O–H groups in total. The zero-order valence-corrected chi connectivity index (χ0v) is 18.2. The SMILES string of the molecule is C=CCn1c(SCc2nc(N)nc(Nc3ccccc3OC)n2)nc2sccc2c1=O. The highest BCUT2D eigenvalue weighted by molar-refractivity contribution is 7.98. The van der Waals surface area contributed by atoms with Crippen LogP contribution in [0.5, 0.6) is 5.75 Å². The van der Waals surface area contributed by atoms with E-state index in [1.807, 2.05) is 29.6 Å². The monoisotopic (exact) mass is 453 g/mol. The summed E-state index contributed by atoms with van der Waals surface area (Å²) in [5.74, 6) is 1.86. The predicted molar refractivity (Wildman–Crippen MR) is 124 cm³/mol. The first kappa shape index (κ1) is 20.8. The molecule has 0 fully saturated rings. The number of hydrogen-bond donors (Lipinski definition) is 2. The molecule has 0 bridgehead atoms. The minimum absolute atomic E-state index is 0.0909. The Morgan fingerprint density at radius 3 is 2.90 bits per heavy atom. The number of nitrogen functional groups attached to an aromatic ring is 1. The maximum Gasteiger partial charge on any atom is 0.263 e. The molecular formula is C20H19N7O2S2. The van der Waals surface area contributed by atoms with Gasteiger partial charge in [0.2, 0.25) is 11.9 Å². The molecule has 3 heterocycles. The van der Waals surface area contributed by atoms with Crippen molar-refractivity contribution < 1.29 is 4.74 Å². The van der Waals surface area contributed by atoms with Crippen molar-refractivity contribution in [3.63, 3.8) is 0 Å². The second-order valence-corrected chi connectivity index (χ2v) is 8.12. The number of ether oxygens (including phenoxy) is 1. The molecule has 0 saturated heterocycles. The van der Waals surface area contributed by atoms with Crippen LogP contribution in [0.1, 0.15) is 5.82 Å². The van der Waals surface area contributed by atoms with E-state index in [9.17, 15) is 4.79 Å². The number of thioether (sulfide) groups is 1. The van der Waals surface area contributed by atoms with Gasteiger partial charge in [0.25, 0.3) is 5.56 Å². The Hall–Kier alpha value is -3.44. The highest BCUT2D eigenvalue weighted by Gasteiger charge is 2.14. The van der Waals surface area contributed by atoms with Crippen LogP contribution in [0.2, 0.25) is 0 Å². The third kappa shape index (κ3) is 4.52. The van der Waals surface area contributed by atoms with Crippen LogP contribution in [0.3, 0.4) is 0 Å². The molecule has 0 aliphatic rings. The number of fused-ring (bicyclic) bond motifs is 1. The molecule has 0 radical (unpaired) electrons. The first-order valence-corrected chi connectivity index (χ1v) is 11.1. The van der Waals surface area contributed by atoms with E-state index in [4.69, 9.17) is 10.5 Å². The number of anilines is 3. The summed E-state index contributed by atoms with van der Waals surface area (Å²) in [5.41, 5.74) is 6.50. The van der Waals surface area contributed by atoms with Crippen molar-refractivity contribution in [3.8, 4) is 5.75 Å². The van der Waals surface area contributed by atoms with Crippen LogP contribution in [0.4, 0.5) is 17.6 Å². The first-order valence-electron chi connectivity index (χ1n) is 9.21. The fraction of sp³-hybridized carbons (Fsp3) is 0.150. The number of nitrogens with zero attached hydrogens (tertiary/aromatic N) is 5. The van der Waals surface area contributed by atoms with Crippen LogP contribution in [-0.2, 0) is 12.3 Å². The number of allylic oxidation sites excluding steroid dienone is 1. The van der Waals surface area contributed by atoms with Crippen molar-refractivity contribution >= 4 is 50.9 Å². The maximum atomic E-state index is 12.8. The Kier molecular flexibility index (Phi) is 6.14. The standard InChI is InChI=1S/C20H19N7O2S2/c1-3-9-27-17(28)12-8-10-30-16(12)25-20(27)31-11-15-23-18(21)26-19(24-15)22-13-6-4-5-7-14(13)29-2/h3-8,10H,1,9,11H2,2H3,(H3,21,22,23,24,26). The van der Waals surface area contributed by atoms with Crippen molar-refractivity contribution in [3.05, 3.63) is 64.5 Å². The van der Waals surface area contributed by atoms with Gasteiger partial charge in [-0.1, -0.05) is 30.0 Å². The van der Waals surface area contributed by atoms with Crippen molar-refractivity contribution in [1.29, 1.82) is 0 Å². The molecule has 0 spiro atoms. The largest absolute Gasteiger partial charge is 0.495 e. The van der Waals surface area contributed by atoms with Crippen LogP contribution < -0.4 is 21.3 Å². The number of hydrogen-bond acceptors (Lipinski definition) is 10. The summed E-state index contributed by atoms with van der Waals surface area (Å²) in [6.07, 6.45) is 1.67. The van der Waals surface area contributed by atoms with E-state index in [0.717, 1.165) is 0 Å². The third-order valence-corrected chi connectivity index (χ3v) is 6.02. The second-order valence-electron chi connectivity index (χ2n) is 6.29. The minimum atomic E-state index is -0.0951. The van der Waals surface area contributed by atoms with Gasteiger partial charge in [-0.05, 0) is 23.6 Å².